The molecule has 0 spiro atoms. The van der Waals surface area contributed by atoms with Crippen molar-refractivity contribution < 1.29 is 5.11 Å². The Balaban J connectivity index is 0. The summed E-state index contributed by atoms with van der Waals surface area (Å²) in [7, 11) is 4.15. The lowest BCUT2D eigenvalue weighted by Crippen LogP contribution is -2.26. The van der Waals surface area contributed by atoms with Crippen LogP contribution >= 0.6 is 0 Å². The van der Waals surface area contributed by atoms with Crippen molar-refractivity contribution >= 4 is 0 Å². The molecule has 1 aliphatic carbocycles. The van der Waals surface area contributed by atoms with E-state index in [1.54, 1.807) is 0 Å². The standard InChI is InChI=1S/C7H14O.C5H13N.CH4/c1-7(8)5-3-2-4-6-7;1-5(2)6(3)4;/h8H,2-6H2,1H3;5H,1-4H3;1H4. The molecule has 1 aliphatic rings. The smallest absolute Gasteiger partial charge is 0.0619 e. The Morgan fingerprint density at radius 3 is 1.53 bits per heavy atom. The predicted molar refractivity (Wildman–Crippen MR) is 69.3 cm³/mol. The molecule has 1 saturated carbocycles. The van der Waals surface area contributed by atoms with E-state index in [4.69, 9.17) is 0 Å². The lowest BCUT2D eigenvalue weighted by atomic mass is 9.87. The fraction of sp³-hybridized carbons (Fsp3) is 1.00. The van der Waals surface area contributed by atoms with Gasteiger partial charge in [0.1, 0.15) is 0 Å². The van der Waals surface area contributed by atoms with Gasteiger partial charge in [-0.25, -0.2) is 0 Å². The third-order valence-electron chi connectivity index (χ3n) is 2.96. The summed E-state index contributed by atoms with van der Waals surface area (Å²) in [5, 5.41) is 9.37. The Labute approximate surface area is 96.7 Å². The van der Waals surface area contributed by atoms with E-state index in [1.165, 1.54) is 19.3 Å². The second kappa shape index (κ2) is 8.12. The Bertz CT molecular complexity index is 127. The van der Waals surface area contributed by atoms with Crippen LogP contribution in [0.25, 0.3) is 0 Å². The third kappa shape index (κ3) is 10.2. The minimum atomic E-state index is -0.321. The monoisotopic (exact) mass is 217 g/mol. The normalized spacial score (nSPS) is 19.2. The summed E-state index contributed by atoms with van der Waals surface area (Å²) in [6, 6.07) is 0.685. The van der Waals surface area contributed by atoms with Crippen LogP contribution < -0.4 is 0 Å². The van der Waals surface area contributed by atoms with Gasteiger partial charge in [0.05, 0.1) is 5.60 Å². The molecule has 0 aromatic carbocycles. The summed E-state index contributed by atoms with van der Waals surface area (Å²) >= 11 is 0. The van der Waals surface area contributed by atoms with Gasteiger partial charge in [-0.3, -0.25) is 0 Å². The van der Waals surface area contributed by atoms with E-state index in [1.807, 2.05) is 6.92 Å². The maximum absolute atomic E-state index is 9.37. The van der Waals surface area contributed by atoms with Gasteiger partial charge in [-0.05, 0) is 47.7 Å². The van der Waals surface area contributed by atoms with Crippen molar-refractivity contribution in [2.45, 2.75) is 71.9 Å². The average Bonchev–Trinajstić information content (AvgIpc) is 2.04. The van der Waals surface area contributed by atoms with E-state index in [2.05, 4.69) is 32.8 Å². The molecule has 94 valence electrons. The minimum Gasteiger partial charge on any atom is -0.390 e. The zero-order valence-corrected chi connectivity index (χ0v) is 10.5. The average molecular weight is 217 g/mol. The molecular formula is C13H31NO. The fourth-order valence-corrected chi connectivity index (χ4v) is 1.31. The SMILES string of the molecule is C.CC(C)N(C)C.CC1(O)CCCCC1. The van der Waals surface area contributed by atoms with Crippen molar-refractivity contribution in [3.63, 3.8) is 0 Å². The van der Waals surface area contributed by atoms with Crippen molar-refractivity contribution in [2.75, 3.05) is 14.1 Å². The Kier molecular flexibility index (Phi) is 9.37. The van der Waals surface area contributed by atoms with Gasteiger partial charge < -0.3 is 10.0 Å². The highest BCUT2D eigenvalue weighted by atomic mass is 16.3. The van der Waals surface area contributed by atoms with Crippen molar-refractivity contribution in [3.05, 3.63) is 0 Å². The van der Waals surface area contributed by atoms with Gasteiger partial charge >= 0.3 is 0 Å². The van der Waals surface area contributed by atoms with Gasteiger partial charge in [0.15, 0.2) is 0 Å². The first-order chi connectivity index (χ1) is 6.35. The molecule has 0 aromatic rings. The van der Waals surface area contributed by atoms with Crippen LogP contribution in [0, 0.1) is 0 Å². The number of hydrogen-bond acceptors (Lipinski definition) is 2. The molecule has 2 heteroatoms. The number of nitrogens with zero attached hydrogens (tertiary/aromatic N) is 1. The van der Waals surface area contributed by atoms with E-state index in [-0.39, 0.29) is 13.0 Å². The molecule has 0 aliphatic heterocycles. The zero-order valence-electron chi connectivity index (χ0n) is 10.5. The summed E-state index contributed by atoms with van der Waals surface area (Å²) < 4.78 is 0. The van der Waals surface area contributed by atoms with Gasteiger partial charge in [-0.2, -0.15) is 0 Å². The van der Waals surface area contributed by atoms with Crippen LogP contribution in [0.3, 0.4) is 0 Å². The van der Waals surface area contributed by atoms with Crippen LogP contribution in [-0.4, -0.2) is 35.7 Å². The van der Waals surface area contributed by atoms with Gasteiger partial charge in [0.2, 0.25) is 0 Å². The summed E-state index contributed by atoms with van der Waals surface area (Å²) in [5.41, 5.74) is -0.321. The number of hydrogen-bond donors (Lipinski definition) is 1. The van der Waals surface area contributed by atoms with E-state index in [9.17, 15) is 5.11 Å². The molecule has 1 fully saturated rings. The molecular weight excluding hydrogens is 186 g/mol. The highest BCUT2D eigenvalue weighted by Gasteiger charge is 2.22. The molecule has 0 unspecified atom stereocenters. The molecule has 0 atom stereocenters. The lowest BCUT2D eigenvalue weighted by molar-refractivity contribution is 0.0225. The van der Waals surface area contributed by atoms with Gasteiger partial charge in [-0.1, -0.05) is 26.7 Å². The highest BCUT2D eigenvalue weighted by molar-refractivity contribution is 4.76. The minimum absolute atomic E-state index is 0. The van der Waals surface area contributed by atoms with E-state index in [0.29, 0.717) is 6.04 Å². The maximum Gasteiger partial charge on any atom is 0.0619 e. The Hall–Kier alpha value is -0.0800. The predicted octanol–water partition coefficient (Wildman–Crippen LogP) is 3.29. The molecule has 1 rings (SSSR count). The molecule has 0 amide bonds. The van der Waals surface area contributed by atoms with Crippen LogP contribution in [0.2, 0.25) is 0 Å². The topological polar surface area (TPSA) is 23.5 Å². The van der Waals surface area contributed by atoms with Crippen LogP contribution in [-0.2, 0) is 0 Å². The first kappa shape index (κ1) is 17.3. The van der Waals surface area contributed by atoms with Crippen molar-refractivity contribution in [2.24, 2.45) is 0 Å². The molecule has 15 heavy (non-hydrogen) atoms. The van der Waals surface area contributed by atoms with Crippen molar-refractivity contribution in [1.29, 1.82) is 0 Å². The van der Waals surface area contributed by atoms with Crippen LogP contribution in [0.15, 0.2) is 0 Å². The Morgan fingerprint density at radius 1 is 1.07 bits per heavy atom. The Morgan fingerprint density at radius 2 is 1.40 bits per heavy atom. The van der Waals surface area contributed by atoms with E-state index in [0.717, 1.165) is 12.8 Å². The van der Waals surface area contributed by atoms with Crippen molar-refractivity contribution in [3.8, 4) is 0 Å². The number of rotatable bonds is 1. The third-order valence-corrected chi connectivity index (χ3v) is 2.96. The summed E-state index contributed by atoms with van der Waals surface area (Å²) in [4.78, 5) is 2.17. The zero-order chi connectivity index (χ0) is 11.2. The molecule has 0 heterocycles. The summed E-state index contributed by atoms with van der Waals surface area (Å²) in [6.07, 6.45) is 5.76. The lowest BCUT2D eigenvalue weighted by Gasteiger charge is -2.27. The van der Waals surface area contributed by atoms with E-state index >= 15 is 0 Å². The first-order valence-corrected chi connectivity index (χ1v) is 5.74. The second-order valence-corrected chi connectivity index (χ2v) is 5.11. The maximum atomic E-state index is 9.37. The largest absolute Gasteiger partial charge is 0.390 e. The van der Waals surface area contributed by atoms with Gasteiger partial charge in [-0.15, -0.1) is 0 Å². The molecule has 0 saturated heterocycles. The molecule has 0 aromatic heterocycles. The van der Waals surface area contributed by atoms with Crippen molar-refractivity contribution in [1.82, 2.24) is 4.90 Å². The molecule has 2 nitrogen and oxygen atoms in total. The van der Waals surface area contributed by atoms with Crippen LogP contribution in [0.4, 0.5) is 0 Å². The number of aliphatic hydroxyl groups is 1. The molecule has 1 N–H and O–H groups in total. The fourth-order valence-electron chi connectivity index (χ4n) is 1.31. The van der Waals surface area contributed by atoms with Gasteiger partial charge in [0, 0.05) is 6.04 Å². The summed E-state index contributed by atoms with van der Waals surface area (Å²) in [5.74, 6) is 0. The van der Waals surface area contributed by atoms with Gasteiger partial charge in [0.25, 0.3) is 0 Å². The molecule has 0 radical (unpaired) electrons. The first-order valence-electron chi connectivity index (χ1n) is 5.74. The quantitative estimate of drug-likeness (QED) is 0.728. The summed E-state index contributed by atoms with van der Waals surface area (Å²) in [6.45, 7) is 6.27. The highest BCUT2D eigenvalue weighted by Crippen LogP contribution is 2.26. The van der Waals surface area contributed by atoms with E-state index < -0.39 is 0 Å². The van der Waals surface area contributed by atoms with Crippen LogP contribution in [0.5, 0.6) is 0 Å². The molecule has 0 bridgehead atoms. The second-order valence-electron chi connectivity index (χ2n) is 5.11. The van der Waals surface area contributed by atoms with Crippen LogP contribution in [0.1, 0.15) is 60.3 Å².